The predicted molar refractivity (Wildman–Crippen MR) is 122 cm³/mol. The number of fused-ring (bicyclic) bond motifs is 3. The molecule has 0 saturated heterocycles. The minimum Gasteiger partial charge on any atom is -0.479 e. The van der Waals surface area contributed by atoms with E-state index in [4.69, 9.17) is 9.84 Å². The lowest BCUT2D eigenvalue weighted by Gasteiger charge is -2.14. The van der Waals surface area contributed by atoms with Crippen molar-refractivity contribution in [2.75, 3.05) is 18.5 Å². The molecule has 3 aromatic rings. The van der Waals surface area contributed by atoms with Crippen LogP contribution in [0.15, 0.2) is 54.6 Å². The van der Waals surface area contributed by atoms with Crippen molar-refractivity contribution in [2.24, 2.45) is 7.05 Å². The second-order valence-corrected chi connectivity index (χ2v) is 7.89. The van der Waals surface area contributed by atoms with Gasteiger partial charge in [-0.1, -0.05) is 48.5 Å². The number of nitrogens with one attached hydrogen (secondary N) is 2. The van der Waals surface area contributed by atoms with Crippen LogP contribution in [-0.4, -0.2) is 57.2 Å². The van der Waals surface area contributed by atoms with Gasteiger partial charge >= 0.3 is 12.1 Å². The van der Waals surface area contributed by atoms with Gasteiger partial charge in [0, 0.05) is 32.0 Å². The molecule has 1 aliphatic carbocycles. The van der Waals surface area contributed by atoms with Crippen molar-refractivity contribution >= 4 is 23.8 Å². The molecule has 1 unspecified atom stereocenters. The van der Waals surface area contributed by atoms with Crippen molar-refractivity contribution in [3.8, 4) is 11.1 Å². The number of anilines is 1. The molecule has 1 aromatic heterocycles. The number of benzene rings is 2. The van der Waals surface area contributed by atoms with Gasteiger partial charge in [0.2, 0.25) is 0 Å². The fourth-order valence-corrected chi connectivity index (χ4v) is 3.97. The first-order valence-corrected chi connectivity index (χ1v) is 10.7. The summed E-state index contributed by atoms with van der Waals surface area (Å²) in [5.74, 6) is -1.74. The van der Waals surface area contributed by atoms with Crippen molar-refractivity contribution < 1.29 is 29.3 Å². The number of hydrogen-bond donors (Lipinski definition) is 4. The first-order chi connectivity index (χ1) is 16.3. The molecule has 4 rings (SSSR count). The third-order valence-electron chi connectivity index (χ3n) is 5.67. The molecule has 176 valence electrons. The molecular weight excluding hydrogens is 440 g/mol. The summed E-state index contributed by atoms with van der Waals surface area (Å²) in [5, 5.41) is 27.0. The van der Waals surface area contributed by atoms with E-state index in [0.717, 1.165) is 22.3 Å². The largest absolute Gasteiger partial charge is 0.479 e. The van der Waals surface area contributed by atoms with E-state index in [1.54, 1.807) is 7.05 Å². The first kappa shape index (κ1) is 23.0. The number of aromatic nitrogens is 2. The normalized spacial score (nSPS) is 13.0. The summed E-state index contributed by atoms with van der Waals surface area (Å²) in [6.45, 7) is 0.106. The van der Waals surface area contributed by atoms with Gasteiger partial charge in [-0.3, -0.25) is 14.8 Å². The standard InChI is InChI=1S/C24H24N4O6/c1-28-21(12-19(27-28)22(30)25-11-10-20(29)23(31)32)26-24(33)34-13-18-16-8-4-2-6-14(16)15-7-3-5-9-17(15)18/h2-9,12,18,20,29H,10-11,13H2,1H3,(H,25,30)(H,26,33)(H,31,32). The Morgan fingerprint density at radius 3 is 2.32 bits per heavy atom. The molecule has 0 spiro atoms. The zero-order valence-electron chi connectivity index (χ0n) is 18.4. The van der Waals surface area contributed by atoms with E-state index in [2.05, 4.69) is 27.9 Å². The maximum absolute atomic E-state index is 12.5. The molecule has 2 amide bonds. The summed E-state index contributed by atoms with van der Waals surface area (Å²) in [6, 6.07) is 17.4. The molecule has 34 heavy (non-hydrogen) atoms. The maximum atomic E-state index is 12.5. The molecule has 2 aromatic carbocycles. The third kappa shape index (κ3) is 4.76. The number of amides is 2. The second kappa shape index (κ2) is 9.75. The Kier molecular flexibility index (Phi) is 6.60. The van der Waals surface area contributed by atoms with E-state index in [0.29, 0.717) is 0 Å². The molecule has 1 heterocycles. The van der Waals surface area contributed by atoms with Crippen LogP contribution >= 0.6 is 0 Å². The van der Waals surface area contributed by atoms with Crippen molar-refractivity contribution in [1.82, 2.24) is 15.1 Å². The van der Waals surface area contributed by atoms with Crippen molar-refractivity contribution in [2.45, 2.75) is 18.4 Å². The monoisotopic (exact) mass is 464 g/mol. The van der Waals surface area contributed by atoms with Crippen molar-refractivity contribution in [3.63, 3.8) is 0 Å². The van der Waals surface area contributed by atoms with Crippen LogP contribution < -0.4 is 10.6 Å². The van der Waals surface area contributed by atoms with E-state index < -0.39 is 24.1 Å². The van der Waals surface area contributed by atoms with Crippen LogP contribution in [0.25, 0.3) is 11.1 Å². The van der Waals surface area contributed by atoms with Gasteiger partial charge in [-0.15, -0.1) is 0 Å². The van der Waals surface area contributed by atoms with E-state index in [1.807, 2.05) is 36.4 Å². The lowest BCUT2D eigenvalue weighted by atomic mass is 9.98. The van der Waals surface area contributed by atoms with Gasteiger partial charge < -0.3 is 20.3 Å². The highest BCUT2D eigenvalue weighted by molar-refractivity contribution is 5.94. The molecule has 10 nitrogen and oxygen atoms in total. The van der Waals surface area contributed by atoms with Crippen molar-refractivity contribution in [1.29, 1.82) is 0 Å². The number of aliphatic hydroxyl groups is 1. The minimum atomic E-state index is -1.56. The number of aliphatic hydroxyl groups excluding tert-OH is 1. The molecule has 0 radical (unpaired) electrons. The van der Waals surface area contributed by atoms with Gasteiger partial charge in [0.05, 0.1) is 0 Å². The quantitative estimate of drug-likeness (QED) is 0.401. The number of carbonyl (C=O) groups excluding carboxylic acids is 2. The number of aryl methyl sites for hydroxylation is 1. The van der Waals surface area contributed by atoms with E-state index >= 15 is 0 Å². The third-order valence-corrected chi connectivity index (χ3v) is 5.67. The van der Waals surface area contributed by atoms with Crippen LogP contribution in [0.4, 0.5) is 10.6 Å². The fraction of sp³-hybridized carbons (Fsp3) is 0.250. The van der Waals surface area contributed by atoms with Gasteiger partial charge in [-0.05, 0) is 22.3 Å². The lowest BCUT2D eigenvalue weighted by Crippen LogP contribution is -2.30. The average Bonchev–Trinajstić information content (AvgIpc) is 3.35. The van der Waals surface area contributed by atoms with Crippen LogP contribution in [-0.2, 0) is 16.6 Å². The Morgan fingerprint density at radius 2 is 1.71 bits per heavy atom. The van der Waals surface area contributed by atoms with Gasteiger partial charge in [-0.2, -0.15) is 5.10 Å². The molecule has 10 heteroatoms. The SMILES string of the molecule is Cn1nc(C(=O)NCCC(O)C(=O)O)cc1NC(=O)OCC1c2ccccc2-c2ccccc21. The Hall–Kier alpha value is -4.18. The number of nitrogens with zero attached hydrogens (tertiary/aromatic N) is 2. The zero-order chi connectivity index (χ0) is 24.2. The zero-order valence-corrected chi connectivity index (χ0v) is 18.4. The van der Waals surface area contributed by atoms with Crippen LogP contribution in [0.5, 0.6) is 0 Å². The summed E-state index contributed by atoms with van der Waals surface area (Å²) in [4.78, 5) is 35.3. The topological polar surface area (TPSA) is 143 Å². The van der Waals surface area contributed by atoms with Gasteiger partial charge in [0.25, 0.3) is 5.91 Å². The number of aliphatic carboxylic acids is 1. The predicted octanol–water partition coefficient (Wildman–Crippen LogP) is 2.35. The fourth-order valence-electron chi connectivity index (χ4n) is 3.97. The van der Waals surface area contributed by atoms with E-state index in [-0.39, 0.29) is 37.0 Å². The first-order valence-electron chi connectivity index (χ1n) is 10.7. The smallest absolute Gasteiger partial charge is 0.412 e. The van der Waals surface area contributed by atoms with Crippen LogP contribution in [0, 0.1) is 0 Å². The number of rotatable bonds is 8. The minimum absolute atomic E-state index is 0.0289. The molecule has 0 bridgehead atoms. The van der Waals surface area contributed by atoms with E-state index in [1.165, 1.54) is 10.7 Å². The highest BCUT2D eigenvalue weighted by Crippen LogP contribution is 2.44. The summed E-state index contributed by atoms with van der Waals surface area (Å²) >= 11 is 0. The number of hydrogen-bond acceptors (Lipinski definition) is 6. The second-order valence-electron chi connectivity index (χ2n) is 7.89. The molecule has 0 fully saturated rings. The Morgan fingerprint density at radius 1 is 1.09 bits per heavy atom. The van der Waals surface area contributed by atoms with E-state index in [9.17, 15) is 19.5 Å². The van der Waals surface area contributed by atoms with Crippen LogP contribution in [0.2, 0.25) is 0 Å². The summed E-state index contributed by atoms with van der Waals surface area (Å²) < 4.78 is 6.83. The maximum Gasteiger partial charge on any atom is 0.412 e. The molecule has 0 saturated carbocycles. The Labute approximate surface area is 195 Å². The van der Waals surface area contributed by atoms with Gasteiger partial charge in [0.1, 0.15) is 12.4 Å². The average molecular weight is 464 g/mol. The van der Waals surface area contributed by atoms with Gasteiger partial charge in [0.15, 0.2) is 11.8 Å². The summed E-state index contributed by atoms with van der Waals surface area (Å²) in [7, 11) is 1.56. The molecule has 1 atom stereocenters. The lowest BCUT2D eigenvalue weighted by molar-refractivity contribution is -0.146. The summed E-state index contributed by atoms with van der Waals surface area (Å²) in [5.41, 5.74) is 4.49. The Balaban J connectivity index is 1.35. The van der Waals surface area contributed by atoms with Crippen LogP contribution in [0.3, 0.4) is 0 Å². The van der Waals surface area contributed by atoms with Gasteiger partial charge in [-0.25, -0.2) is 9.59 Å². The van der Waals surface area contributed by atoms with Crippen LogP contribution in [0.1, 0.15) is 34.0 Å². The van der Waals surface area contributed by atoms with Crippen molar-refractivity contribution in [3.05, 3.63) is 71.4 Å². The highest BCUT2D eigenvalue weighted by atomic mass is 16.5. The number of carboxylic acid groups (broad SMARTS) is 1. The Bertz CT molecular complexity index is 1190. The number of carboxylic acids is 1. The molecular formula is C24H24N4O6. The number of ether oxygens (including phenoxy) is 1. The number of carbonyl (C=O) groups is 3. The molecule has 0 aliphatic heterocycles. The highest BCUT2D eigenvalue weighted by Gasteiger charge is 2.29. The summed E-state index contributed by atoms with van der Waals surface area (Å²) in [6.07, 6.45) is -2.38. The molecule has 1 aliphatic rings. The molecule has 4 N–H and O–H groups in total.